The number of anilines is 1. The van der Waals surface area contributed by atoms with E-state index in [0.29, 0.717) is 17.9 Å². The number of aryl methyl sites for hydroxylation is 3. The summed E-state index contributed by atoms with van der Waals surface area (Å²) in [6.45, 7) is 5.45. The normalized spacial score (nSPS) is 14.1. The number of pyridine rings is 1. The smallest absolute Gasteiger partial charge is 0.254 e. The minimum Gasteiger partial charge on any atom is -0.357 e. The third-order valence-electron chi connectivity index (χ3n) is 7.31. The Balaban J connectivity index is 1.55. The second-order valence-corrected chi connectivity index (χ2v) is 9.53. The number of hydrogen-bond acceptors (Lipinski definition) is 5. The van der Waals surface area contributed by atoms with Gasteiger partial charge in [-0.25, -0.2) is 4.68 Å². The fraction of sp³-hybridized carbons (Fsp3) is 0.241. The molecule has 0 aliphatic carbocycles. The van der Waals surface area contributed by atoms with Crippen molar-refractivity contribution in [2.45, 2.75) is 39.3 Å². The summed E-state index contributed by atoms with van der Waals surface area (Å²) in [5, 5.41) is 13.9. The molecule has 0 unspecified atom stereocenters. The van der Waals surface area contributed by atoms with Gasteiger partial charge in [0, 0.05) is 17.8 Å². The molecule has 36 heavy (non-hydrogen) atoms. The van der Waals surface area contributed by atoms with Gasteiger partial charge in [-0.3, -0.25) is 4.79 Å². The van der Waals surface area contributed by atoms with Crippen LogP contribution in [0.25, 0.3) is 10.9 Å². The Morgan fingerprint density at radius 2 is 1.81 bits per heavy atom. The van der Waals surface area contributed by atoms with Crippen LogP contribution in [0.2, 0.25) is 0 Å². The molecule has 0 radical (unpaired) electrons. The van der Waals surface area contributed by atoms with Crippen molar-refractivity contribution < 1.29 is 0 Å². The van der Waals surface area contributed by atoms with E-state index >= 15 is 0 Å². The zero-order chi connectivity index (χ0) is 24.6. The van der Waals surface area contributed by atoms with Gasteiger partial charge in [-0.15, -0.1) is 5.10 Å². The number of benzene rings is 3. The number of rotatable bonds is 5. The molecule has 0 bridgehead atoms. The number of nitrogens with one attached hydrogen (secondary N) is 1. The molecule has 0 fully saturated rings. The second kappa shape index (κ2) is 9.07. The van der Waals surface area contributed by atoms with Gasteiger partial charge in [-0.1, -0.05) is 60.7 Å². The molecule has 7 nitrogen and oxygen atoms in total. The quantitative estimate of drug-likeness (QED) is 0.397. The Kier molecular flexibility index (Phi) is 5.60. The molecule has 0 saturated heterocycles. The van der Waals surface area contributed by atoms with Crippen LogP contribution in [0.1, 0.15) is 46.1 Å². The van der Waals surface area contributed by atoms with Gasteiger partial charge >= 0.3 is 0 Å². The Morgan fingerprint density at radius 3 is 2.67 bits per heavy atom. The molecule has 2 aromatic heterocycles. The van der Waals surface area contributed by atoms with Gasteiger partial charge in [0.1, 0.15) is 6.04 Å². The van der Waals surface area contributed by atoms with Gasteiger partial charge in [0.2, 0.25) is 0 Å². The van der Waals surface area contributed by atoms with E-state index in [1.807, 2.05) is 35.9 Å². The lowest BCUT2D eigenvalue weighted by atomic mass is 9.95. The van der Waals surface area contributed by atoms with Crippen molar-refractivity contribution in [2.24, 2.45) is 0 Å². The molecule has 6 rings (SSSR count). The maximum Gasteiger partial charge on any atom is 0.254 e. The van der Waals surface area contributed by atoms with Gasteiger partial charge in [-0.2, -0.15) is 0 Å². The number of aromatic amines is 1. The summed E-state index contributed by atoms with van der Waals surface area (Å²) in [6.07, 6.45) is 2.01. The zero-order valence-corrected chi connectivity index (χ0v) is 20.5. The summed E-state index contributed by atoms with van der Waals surface area (Å²) in [6, 6.07) is 24.3. The van der Waals surface area contributed by atoms with E-state index in [9.17, 15) is 4.79 Å². The molecule has 0 amide bonds. The number of aromatic nitrogens is 5. The summed E-state index contributed by atoms with van der Waals surface area (Å²) in [5.74, 6) is 0.657. The van der Waals surface area contributed by atoms with Gasteiger partial charge in [0.15, 0.2) is 5.82 Å². The summed E-state index contributed by atoms with van der Waals surface area (Å²) in [7, 11) is 0. The molecule has 0 spiro atoms. The molecule has 3 aromatic carbocycles. The van der Waals surface area contributed by atoms with E-state index in [1.54, 1.807) is 0 Å². The molecule has 5 aromatic rings. The largest absolute Gasteiger partial charge is 0.357 e. The Labute approximate surface area is 209 Å². The Hall–Kier alpha value is -4.26. The molecular weight excluding hydrogens is 448 g/mol. The van der Waals surface area contributed by atoms with Crippen LogP contribution in [0.5, 0.6) is 0 Å². The lowest BCUT2D eigenvalue weighted by Crippen LogP contribution is -2.38. The summed E-state index contributed by atoms with van der Waals surface area (Å²) >= 11 is 0. The summed E-state index contributed by atoms with van der Waals surface area (Å²) in [4.78, 5) is 19.2. The maximum absolute atomic E-state index is 13.7. The van der Waals surface area contributed by atoms with Crippen LogP contribution in [-0.2, 0) is 13.0 Å². The average molecular weight is 477 g/mol. The SMILES string of the molecule is Cc1ccc2cc([C@@H](c3nnnn3Cc3ccccc3)N3CCCc4ccccc43)c(=O)[nH]c2c1C. The van der Waals surface area contributed by atoms with Crippen molar-refractivity contribution in [1.82, 2.24) is 25.2 Å². The summed E-state index contributed by atoms with van der Waals surface area (Å²) < 4.78 is 1.82. The maximum atomic E-state index is 13.7. The third kappa shape index (κ3) is 3.86. The number of nitrogens with zero attached hydrogens (tertiary/aromatic N) is 5. The van der Waals surface area contributed by atoms with Crippen LogP contribution in [0.15, 0.2) is 77.6 Å². The number of fused-ring (bicyclic) bond motifs is 2. The van der Waals surface area contributed by atoms with Crippen LogP contribution in [-0.4, -0.2) is 31.7 Å². The molecule has 3 heterocycles. The second-order valence-electron chi connectivity index (χ2n) is 9.53. The van der Waals surface area contributed by atoms with E-state index in [2.05, 4.69) is 80.9 Å². The van der Waals surface area contributed by atoms with Crippen LogP contribution >= 0.6 is 0 Å². The zero-order valence-electron chi connectivity index (χ0n) is 20.5. The fourth-order valence-electron chi connectivity index (χ4n) is 5.30. The van der Waals surface area contributed by atoms with Crippen molar-refractivity contribution in [3.63, 3.8) is 0 Å². The van der Waals surface area contributed by atoms with Gasteiger partial charge in [0.25, 0.3) is 5.56 Å². The molecule has 7 heteroatoms. The van der Waals surface area contributed by atoms with E-state index in [-0.39, 0.29) is 5.56 Å². The third-order valence-corrected chi connectivity index (χ3v) is 7.31. The lowest BCUT2D eigenvalue weighted by molar-refractivity contribution is 0.555. The van der Waals surface area contributed by atoms with Crippen molar-refractivity contribution in [1.29, 1.82) is 0 Å². The summed E-state index contributed by atoms with van der Waals surface area (Å²) in [5.41, 5.74) is 7.16. The standard InChI is InChI=1S/C29H28N6O/c1-19-14-15-23-17-24(29(36)30-26(23)20(19)2)27(34-16-8-12-22-11-6-7-13-25(22)34)28-31-32-33-35(28)18-21-9-4-3-5-10-21/h3-7,9-11,13-15,17,27H,8,12,16,18H2,1-2H3,(H,30,36)/t27-/m0/s1. The first kappa shape index (κ1) is 22.2. The monoisotopic (exact) mass is 476 g/mol. The molecule has 0 saturated carbocycles. The first-order valence-corrected chi connectivity index (χ1v) is 12.4. The predicted octanol–water partition coefficient (Wildman–Crippen LogP) is 4.72. The van der Waals surface area contributed by atoms with Gasteiger partial charge < -0.3 is 9.88 Å². The lowest BCUT2D eigenvalue weighted by Gasteiger charge is -2.37. The molecular formula is C29H28N6O. The first-order chi connectivity index (χ1) is 17.6. The van der Waals surface area contributed by atoms with Crippen LogP contribution in [0.3, 0.4) is 0 Å². The van der Waals surface area contributed by atoms with Crippen molar-refractivity contribution in [3.05, 3.63) is 117 Å². The topological polar surface area (TPSA) is 79.7 Å². The molecule has 1 aliphatic heterocycles. The molecule has 1 aliphatic rings. The number of H-pyrrole nitrogens is 1. The predicted molar refractivity (Wildman–Crippen MR) is 141 cm³/mol. The molecule has 1 atom stereocenters. The van der Waals surface area contributed by atoms with E-state index in [0.717, 1.165) is 52.7 Å². The van der Waals surface area contributed by atoms with Crippen molar-refractivity contribution in [2.75, 3.05) is 11.4 Å². The van der Waals surface area contributed by atoms with E-state index in [1.165, 1.54) is 5.56 Å². The van der Waals surface area contributed by atoms with Crippen molar-refractivity contribution in [3.8, 4) is 0 Å². The minimum absolute atomic E-state index is 0.112. The van der Waals surface area contributed by atoms with E-state index < -0.39 is 6.04 Å². The molecule has 180 valence electrons. The van der Waals surface area contributed by atoms with Gasteiger partial charge in [0.05, 0.1) is 12.1 Å². The minimum atomic E-state index is -0.431. The number of tetrazole rings is 1. The fourth-order valence-corrected chi connectivity index (χ4v) is 5.30. The van der Waals surface area contributed by atoms with E-state index in [4.69, 9.17) is 0 Å². The van der Waals surface area contributed by atoms with Crippen molar-refractivity contribution >= 4 is 16.6 Å². The highest BCUT2D eigenvalue weighted by atomic mass is 16.1. The first-order valence-electron chi connectivity index (χ1n) is 12.4. The highest BCUT2D eigenvalue weighted by Crippen LogP contribution is 2.37. The number of hydrogen-bond donors (Lipinski definition) is 1. The number of para-hydroxylation sites is 1. The highest BCUT2D eigenvalue weighted by molar-refractivity contribution is 5.83. The van der Waals surface area contributed by atoms with Gasteiger partial charge in [-0.05, 0) is 76.9 Å². The van der Waals surface area contributed by atoms with Crippen LogP contribution in [0, 0.1) is 13.8 Å². The Morgan fingerprint density at radius 1 is 1.00 bits per heavy atom. The van der Waals surface area contributed by atoms with Crippen LogP contribution < -0.4 is 10.5 Å². The average Bonchev–Trinajstić information content (AvgIpc) is 3.35. The van der Waals surface area contributed by atoms with Crippen LogP contribution in [0.4, 0.5) is 5.69 Å². The Bertz CT molecular complexity index is 1600. The molecule has 1 N–H and O–H groups in total. The highest BCUT2D eigenvalue weighted by Gasteiger charge is 2.33.